The van der Waals surface area contributed by atoms with Crippen LogP contribution in [0.25, 0.3) is 0 Å². The Morgan fingerprint density at radius 1 is 1.07 bits per heavy atom. The zero-order valence-electron chi connectivity index (χ0n) is 14.6. The molecule has 0 aliphatic carbocycles. The van der Waals surface area contributed by atoms with Crippen molar-refractivity contribution in [3.63, 3.8) is 0 Å². The number of nitrogens with zero attached hydrogens (tertiary/aromatic N) is 5. The molecular formula is C16H22IN7O2S. The van der Waals surface area contributed by atoms with E-state index < -0.39 is 10.0 Å². The lowest BCUT2D eigenvalue weighted by molar-refractivity contribution is 0.378. The van der Waals surface area contributed by atoms with E-state index in [1.54, 1.807) is 30.6 Å². The minimum atomic E-state index is -3.68. The highest BCUT2D eigenvalue weighted by atomic mass is 127. The van der Waals surface area contributed by atoms with Crippen LogP contribution >= 0.6 is 24.0 Å². The number of anilines is 1. The summed E-state index contributed by atoms with van der Waals surface area (Å²) >= 11 is 0. The quantitative estimate of drug-likeness (QED) is 0.351. The summed E-state index contributed by atoms with van der Waals surface area (Å²) in [6.45, 7) is 3.38. The average molecular weight is 503 g/mol. The zero-order valence-corrected chi connectivity index (χ0v) is 17.7. The third kappa shape index (κ3) is 5.74. The summed E-state index contributed by atoms with van der Waals surface area (Å²) in [5.41, 5.74) is 6.95. The highest BCUT2D eigenvalue weighted by molar-refractivity contribution is 14.0. The molecule has 1 aliphatic rings. The minimum absolute atomic E-state index is 0. The number of halogens is 1. The molecule has 0 saturated carbocycles. The van der Waals surface area contributed by atoms with Gasteiger partial charge in [0, 0.05) is 38.6 Å². The van der Waals surface area contributed by atoms with Gasteiger partial charge in [-0.15, -0.1) is 24.0 Å². The normalized spacial score (nSPS) is 15.4. The van der Waals surface area contributed by atoms with Crippen LogP contribution in [-0.2, 0) is 16.6 Å². The number of hydrogen-bond donors (Lipinski definition) is 2. The van der Waals surface area contributed by atoms with Crippen LogP contribution in [0.15, 0.2) is 52.6 Å². The zero-order chi connectivity index (χ0) is 18.6. The van der Waals surface area contributed by atoms with Gasteiger partial charge in [-0.2, -0.15) is 0 Å². The molecule has 1 aromatic heterocycles. The van der Waals surface area contributed by atoms with Crippen LogP contribution in [0.1, 0.15) is 5.56 Å². The predicted octanol–water partition coefficient (Wildman–Crippen LogP) is 0.379. The van der Waals surface area contributed by atoms with Crippen LogP contribution in [-0.4, -0.2) is 55.4 Å². The van der Waals surface area contributed by atoms with Crippen molar-refractivity contribution in [1.82, 2.24) is 14.9 Å². The van der Waals surface area contributed by atoms with Crippen molar-refractivity contribution in [3.05, 3.63) is 48.3 Å². The van der Waals surface area contributed by atoms with Crippen LogP contribution in [0.3, 0.4) is 0 Å². The Bertz CT molecular complexity index is 867. The number of piperazine rings is 1. The molecule has 0 spiro atoms. The molecule has 9 nitrogen and oxygen atoms in total. The molecule has 1 aliphatic heterocycles. The van der Waals surface area contributed by atoms with Crippen LogP contribution < -0.4 is 15.8 Å². The van der Waals surface area contributed by atoms with Gasteiger partial charge in [0.2, 0.25) is 16.0 Å². The molecule has 0 radical (unpaired) electrons. The predicted molar refractivity (Wildman–Crippen MR) is 114 cm³/mol. The van der Waals surface area contributed by atoms with E-state index in [4.69, 9.17) is 10.9 Å². The largest absolute Gasteiger partial charge is 0.370 e. The van der Waals surface area contributed by atoms with Crippen molar-refractivity contribution in [3.8, 4) is 0 Å². The van der Waals surface area contributed by atoms with Gasteiger partial charge in [-0.3, -0.25) is 0 Å². The monoisotopic (exact) mass is 503 g/mol. The van der Waals surface area contributed by atoms with Crippen LogP contribution in [0.4, 0.5) is 5.95 Å². The SMILES string of the molecule is I.NC(=NCc1ccc(S(N)(=O)=O)cc1)N1CCN(c2ncccn2)CC1. The number of guanidine groups is 1. The van der Waals surface area contributed by atoms with Crippen molar-refractivity contribution in [1.29, 1.82) is 0 Å². The lowest BCUT2D eigenvalue weighted by Crippen LogP contribution is -2.51. The van der Waals surface area contributed by atoms with Gasteiger partial charge in [-0.05, 0) is 23.8 Å². The maximum atomic E-state index is 11.3. The number of nitrogens with two attached hydrogens (primary N) is 2. The molecule has 1 saturated heterocycles. The molecule has 0 amide bonds. The Hall–Kier alpha value is -1.99. The van der Waals surface area contributed by atoms with E-state index in [1.165, 1.54) is 12.1 Å². The van der Waals surface area contributed by atoms with Crippen molar-refractivity contribution in [2.24, 2.45) is 15.9 Å². The molecule has 0 bridgehead atoms. The number of aromatic nitrogens is 2. The molecule has 0 atom stereocenters. The number of aliphatic imine (C=N–C) groups is 1. The first kappa shape index (κ1) is 21.3. The van der Waals surface area contributed by atoms with Gasteiger partial charge >= 0.3 is 0 Å². The Morgan fingerprint density at radius 2 is 1.67 bits per heavy atom. The topological polar surface area (TPSA) is 131 Å². The number of sulfonamides is 1. The Kier molecular flexibility index (Phi) is 7.33. The van der Waals surface area contributed by atoms with Crippen molar-refractivity contribution >= 4 is 45.9 Å². The van der Waals surface area contributed by atoms with Crippen molar-refractivity contribution < 1.29 is 8.42 Å². The van der Waals surface area contributed by atoms with E-state index >= 15 is 0 Å². The van der Waals surface area contributed by atoms with E-state index in [-0.39, 0.29) is 28.9 Å². The van der Waals surface area contributed by atoms with Crippen LogP contribution in [0.2, 0.25) is 0 Å². The summed E-state index contributed by atoms with van der Waals surface area (Å²) in [5.74, 6) is 1.19. The van der Waals surface area contributed by atoms with Gasteiger partial charge in [-0.1, -0.05) is 12.1 Å². The molecule has 1 aromatic carbocycles. The standard InChI is InChI=1S/C16H21N7O2S.HI/c17-15(21-12-13-2-4-14(5-3-13)26(18,24)25)22-8-10-23(11-9-22)16-19-6-1-7-20-16;/h1-7H,8-12H2,(H2,17,21)(H2,18,24,25);1H. The van der Waals surface area contributed by atoms with Gasteiger partial charge < -0.3 is 15.5 Å². The Morgan fingerprint density at radius 3 is 2.22 bits per heavy atom. The molecule has 1 fully saturated rings. The molecule has 11 heteroatoms. The lowest BCUT2D eigenvalue weighted by Gasteiger charge is -2.35. The summed E-state index contributed by atoms with van der Waals surface area (Å²) in [6.07, 6.45) is 3.46. The van der Waals surface area contributed by atoms with Gasteiger partial charge in [0.05, 0.1) is 11.4 Å². The van der Waals surface area contributed by atoms with Gasteiger partial charge in [0.1, 0.15) is 0 Å². The molecule has 2 heterocycles. The first-order valence-corrected chi connectivity index (χ1v) is 9.67. The highest BCUT2D eigenvalue weighted by Crippen LogP contribution is 2.11. The first-order chi connectivity index (χ1) is 12.4. The molecule has 0 unspecified atom stereocenters. The smallest absolute Gasteiger partial charge is 0.238 e. The summed E-state index contributed by atoms with van der Waals surface area (Å²) in [6, 6.07) is 8.09. The van der Waals surface area contributed by atoms with E-state index in [9.17, 15) is 8.42 Å². The fourth-order valence-corrected chi connectivity index (χ4v) is 3.16. The highest BCUT2D eigenvalue weighted by Gasteiger charge is 2.19. The second kappa shape index (κ2) is 9.28. The first-order valence-electron chi connectivity index (χ1n) is 8.12. The molecule has 4 N–H and O–H groups in total. The third-order valence-electron chi connectivity index (χ3n) is 4.11. The Labute approximate surface area is 175 Å². The summed E-state index contributed by atoms with van der Waals surface area (Å²) < 4.78 is 22.5. The van der Waals surface area contributed by atoms with Gasteiger partial charge in [-0.25, -0.2) is 28.5 Å². The molecular weight excluding hydrogens is 481 g/mol. The van der Waals surface area contributed by atoms with Crippen molar-refractivity contribution in [2.75, 3.05) is 31.1 Å². The van der Waals surface area contributed by atoms with E-state index in [0.29, 0.717) is 12.5 Å². The average Bonchev–Trinajstić information content (AvgIpc) is 2.66. The van der Waals surface area contributed by atoms with E-state index in [1.807, 2.05) is 4.90 Å². The summed E-state index contributed by atoms with van der Waals surface area (Å²) in [5, 5.41) is 5.08. The second-order valence-electron chi connectivity index (χ2n) is 5.89. The minimum Gasteiger partial charge on any atom is -0.370 e. The molecule has 3 rings (SSSR count). The van der Waals surface area contributed by atoms with Crippen LogP contribution in [0, 0.1) is 0 Å². The lowest BCUT2D eigenvalue weighted by atomic mass is 10.2. The Balaban J connectivity index is 0.00000261. The van der Waals surface area contributed by atoms with Crippen LogP contribution in [0.5, 0.6) is 0 Å². The number of benzene rings is 1. The number of rotatable bonds is 4. The fraction of sp³-hybridized carbons (Fsp3) is 0.312. The molecule has 146 valence electrons. The van der Waals surface area contributed by atoms with Crippen molar-refractivity contribution in [2.45, 2.75) is 11.4 Å². The van der Waals surface area contributed by atoms with Gasteiger partial charge in [0.25, 0.3) is 0 Å². The number of hydrogen-bond acceptors (Lipinski definition) is 6. The second-order valence-corrected chi connectivity index (χ2v) is 7.45. The summed E-state index contributed by atoms with van der Waals surface area (Å²) in [4.78, 5) is 17.1. The van der Waals surface area contributed by atoms with Gasteiger partial charge in [0.15, 0.2) is 5.96 Å². The van der Waals surface area contributed by atoms with E-state index in [2.05, 4.69) is 19.9 Å². The fourth-order valence-electron chi connectivity index (χ4n) is 2.65. The van der Waals surface area contributed by atoms with E-state index in [0.717, 1.165) is 37.7 Å². The molecule has 2 aromatic rings. The maximum Gasteiger partial charge on any atom is 0.238 e. The maximum absolute atomic E-state index is 11.3. The molecule has 27 heavy (non-hydrogen) atoms. The third-order valence-corrected chi connectivity index (χ3v) is 5.04. The summed E-state index contributed by atoms with van der Waals surface area (Å²) in [7, 11) is -3.68. The number of primary sulfonamides is 1.